The average Bonchev–Trinajstić information content (AvgIpc) is 2.13. The quantitative estimate of drug-likeness (QED) is 0.891. The van der Waals surface area contributed by atoms with Gasteiger partial charge < -0.3 is 10.6 Å². The Morgan fingerprint density at radius 3 is 2.39 bits per heavy atom. The van der Waals surface area contributed by atoms with Crippen molar-refractivity contribution in [3.05, 3.63) is 29.6 Å². The zero-order valence-corrected chi connectivity index (χ0v) is 12.1. The number of nitrogens with zero attached hydrogens (tertiary/aromatic N) is 1. The third-order valence-corrected chi connectivity index (χ3v) is 2.69. The molecule has 1 rings (SSSR count). The van der Waals surface area contributed by atoms with Gasteiger partial charge in [0, 0.05) is 19.6 Å². The Labute approximate surface area is 110 Å². The molecule has 0 bridgehead atoms. The van der Waals surface area contributed by atoms with Gasteiger partial charge in [-0.15, -0.1) is 0 Å². The third kappa shape index (κ3) is 4.65. The first-order valence-electron chi connectivity index (χ1n) is 6.44. The number of hydrogen-bond donors (Lipinski definition) is 1. The molecule has 0 radical (unpaired) electrons. The molecule has 0 aromatic heterocycles. The van der Waals surface area contributed by atoms with E-state index in [4.69, 9.17) is 5.73 Å². The molecule has 18 heavy (non-hydrogen) atoms. The van der Waals surface area contributed by atoms with Crippen LogP contribution in [0.25, 0.3) is 0 Å². The summed E-state index contributed by atoms with van der Waals surface area (Å²) in [6, 6.07) is 5.46. The summed E-state index contributed by atoms with van der Waals surface area (Å²) in [6.45, 7) is 9.18. The van der Waals surface area contributed by atoms with Crippen LogP contribution in [0.5, 0.6) is 0 Å². The van der Waals surface area contributed by atoms with Gasteiger partial charge in [0.15, 0.2) is 0 Å². The molecule has 0 spiro atoms. The summed E-state index contributed by atoms with van der Waals surface area (Å²) >= 11 is 0. The molecule has 1 unspecified atom stereocenters. The lowest BCUT2D eigenvalue weighted by atomic mass is 9.96. The minimum absolute atomic E-state index is 0.0579. The first-order valence-corrected chi connectivity index (χ1v) is 6.44. The second-order valence-electron chi connectivity index (χ2n) is 6.38. The van der Waals surface area contributed by atoms with Gasteiger partial charge in [0.25, 0.3) is 0 Å². The molecule has 2 nitrogen and oxygen atoms in total. The fourth-order valence-electron chi connectivity index (χ4n) is 2.16. The van der Waals surface area contributed by atoms with Gasteiger partial charge in [0.1, 0.15) is 5.82 Å². The van der Waals surface area contributed by atoms with Crippen LogP contribution in [-0.4, -0.2) is 19.6 Å². The molecule has 0 aliphatic heterocycles. The zero-order chi connectivity index (χ0) is 13.9. The highest BCUT2D eigenvalue weighted by molar-refractivity contribution is 5.48. The van der Waals surface area contributed by atoms with E-state index in [0.717, 1.165) is 12.1 Å². The molecule has 0 fully saturated rings. The van der Waals surface area contributed by atoms with Gasteiger partial charge in [0.05, 0.1) is 5.69 Å². The monoisotopic (exact) mass is 252 g/mol. The number of benzene rings is 1. The predicted octanol–water partition coefficient (Wildman–Crippen LogP) is 3.20. The van der Waals surface area contributed by atoms with Gasteiger partial charge in [-0.3, -0.25) is 0 Å². The van der Waals surface area contributed by atoms with Gasteiger partial charge in [0.2, 0.25) is 0 Å². The maximum absolute atomic E-state index is 14.0. The van der Waals surface area contributed by atoms with Crippen LogP contribution in [0.15, 0.2) is 18.2 Å². The third-order valence-electron chi connectivity index (χ3n) is 2.69. The van der Waals surface area contributed by atoms with Gasteiger partial charge >= 0.3 is 0 Å². The molecule has 2 N–H and O–H groups in total. The van der Waals surface area contributed by atoms with Crippen LogP contribution in [0.2, 0.25) is 0 Å². The first-order chi connectivity index (χ1) is 8.19. The molecule has 102 valence electrons. The van der Waals surface area contributed by atoms with Gasteiger partial charge in [-0.25, -0.2) is 4.39 Å². The Kier molecular flexibility index (Phi) is 4.74. The van der Waals surface area contributed by atoms with E-state index in [0.29, 0.717) is 12.1 Å². The molecule has 0 aliphatic carbocycles. The maximum Gasteiger partial charge on any atom is 0.146 e. The lowest BCUT2D eigenvalue weighted by Crippen LogP contribution is -2.29. The van der Waals surface area contributed by atoms with Crippen molar-refractivity contribution in [3.8, 4) is 0 Å². The number of halogens is 1. The molecule has 0 amide bonds. The summed E-state index contributed by atoms with van der Waals surface area (Å²) in [5, 5.41) is 0. The number of nitrogens with two attached hydrogens (primary N) is 1. The van der Waals surface area contributed by atoms with E-state index in [1.165, 1.54) is 0 Å². The first kappa shape index (κ1) is 15.0. The van der Waals surface area contributed by atoms with Crippen LogP contribution in [-0.2, 0) is 6.42 Å². The molecule has 0 saturated carbocycles. The summed E-state index contributed by atoms with van der Waals surface area (Å²) in [7, 11) is 1.93. The predicted molar refractivity (Wildman–Crippen MR) is 76.5 cm³/mol. The molecular weight excluding hydrogens is 227 g/mol. The minimum atomic E-state index is -0.167. The fourth-order valence-corrected chi connectivity index (χ4v) is 2.16. The summed E-state index contributed by atoms with van der Waals surface area (Å²) in [5.41, 5.74) is 7.47. The molecule has 1 aromatic rings. The van der Waals surface area contributed by atoms with Gasteiger partial charge in [-0.2, -0.15) is 0 Å². The van der Waals surface area contributed by atoms with E-state index in [1.807, 2.05) is 31.0 Å². The SMILES string of the molecule is CC(N)Cc1ccc(N(C)CC(C)(C)C)c(F)c1. The van der Waals surface area contributed by atoms with E-state index in [9.17, 15) is 4.39 Å². The molecule has 0 heterocycles. The van der Waals surface area contributed by atoms with Gasteiger partial charge in [-0.1, -0.05) is 26.8 Å². The molecule has 1 aromatic carbocycles. The normalized spacial score (nSPS) is 13.5. The summed E-state index contributed by atoms with van der Waals surface area (Å²) < 4.78 is 14.0. The second-order valence-corrected chi connectivity index (χ2v) is 6.38. The van der Waals surface area contributed by atoms with Crippen molar-refractivity contribution < 1.29 is 4.39 Å². The van der Waals surface area contributed by atoms with Crippen LogP contribution in [0.4, 0.5) is 10.1 Å². The number of rotatable bonds is 4. The average molecular weight is 252 g/mol. The number of anilines is 1. The standard InChI is InChI=1S/C15H25FN2/c1-11(17)8-12-6-7-14(13(16)9-12)18(5)10-15(2,3)4/h6-7,9,11H,8,10,17H2,1-5H3. The Balaban J connectivity index is 2.85. The maximum atomic E-state index is 14.0. The molecule has 0 aliphatic rings. The van der Waals surface area contributed by atoms with Crippen LogP contribution < -0.4 is 10.6 Å². The molecular formula is C15H25FN2. The highest BCUT2D eigenvalue weighted by atomic mass is 19.1. The lowest BCUT2D eigenvalue weighted by Gasteiger charge is -2.28. The minimum Gasteiger partial charge on any atom is -0.372 e. The van der Waals surface area contributed by atoms with Crippen LogP contribution in [0, 0.1) is 11.2 Å². The fraction of sp³-hybridized carbons (Fsp3) is 0.600. The smallest absolute Gasteiger partial charge is 0.146 e. The largest absolute Gasteiger partial charge is 0.372 e. The summed E-state index contributed by atoms with van der Waals surface area (Å²) in [6.07, 6.45) is 0.709. The van der Waals surface area contributed by atoms with Crippen molar-refractivity contribution in [2.75, 3.05) is 18.5 Å². The highest BCUT2D eigenvalue weighted by Gasteiger charge is 2.16. The van der Waals surface area contributed by atoms with Crippen molar-refractivity contribution in [2.45, 2.75) is 40.2 Å². The summed E-state index contributed by atoms with van der Waals surface area (Å²) in [4.78, 5) is 1.96. The van der Waals surface area contributed by atoms with Gasteiger partial charge in [-0.05, 0) is 36.5 Å². The van der Waals surface area contributed by atoms with Crippen molar-refractivity contribution >= 4 is 5.69 Å². The topological polar surface area (TPSA) is 29.3 Å². The molecule has 0 saturated heterocycles. The number of hydrogen-bond acceptors (Lipinski definition) is 2. The van der Waals surface area contributed by atoms with Crippen LogP contribution >= 0.6 is 0 Å². The Bertz CT molecular complexity index is 394. The zero-order valence-electron chi connectivity index (χ0n) is 12.1. The Morgan fingerprint density at radius 1 is 1.33 bits per heavy atom. The Morgan fingerprint density at radius 2 is 1.94 bits per heavy atom. The lowest BCUT2D eigenvalue weighted by molar-refractivity contribution is 0.417. The van der Waals surface area contributed by atoms with Crippen LogP contribution in [0.1, 0.15) is 33.3 Å². The van der Waals surface area contributed by atoms with Crippen molar-refractivity contribution in [1.82, 2.24) is 0 Å². The van der Waals surface area contributed by atoms with Crippen molar-refractivity contribution in [2.24, 2.45) is 11.1 Å². The van der Waals surface area contributed by atoms with E-state index in [2.05, 4.69) is 20.8 Å². The summed E-state index contributed by atoms with van der Waals surface area (Å²) in [5.74, 6) is -0.167. The Hall–Kier alpha value is -1.09. The van der Waals surface area contributed by atoms with E-state index in [-0.39, 0.29) is 17.3 Å². The van der Waals surface area contributed by atoms with Crippen molar-refractivity contribution in [3.63, 3.8) is 0 Å². The van der Waals surface area contributed by atoms with Crippen molar-refractivity contribution in [1.29, 1.82) is 0 Å². The van der Waals surface area contributed by atoms with E-state index >= 15 is 0 Å². The van der Waals surface area contributed by atoms with Crippen LogP contribution in [0.3, 0.4) is 0 Å². The van der Waals surface area contributed by atoms with E-state index < -0.39 is 0 Å². The molecule has 1 atom stereocenters. The van der Waals surface area contributed by atoms with E-state index in [1.54, 1.807) is 6.07 Å². The molecule has 3 heteroatoms. The highest BCUT2D eigenvalue weighted by Crippen LogP contribution is 2.24. The second kappa shape index (κ2) is 5.70.